The summed E-state index contributed by atoms with van der Waals surface area (Å²) in [6.07, 6.45) is 3.82. The third-order valence-electron chi connectivity index (χ3n) is 6.98. The number of pyridine rings is 1. The molecule has 0 atom stereocenters. The van der Waals surface area contributed by atoms with Gasteiger partial charge < -0.3 is 15.2 Å². The van der Waals surface area contributed by atoms with Gasteiger partial charge in [0.05, 0.1) is 40.6 Å². The maximum atomic E-state index is 13.6. The number of carbonyl (C=O) groups excluding carboxylic acids is 1. The number of fused-ring (bicyclic) bond motifs is 1. The highest BCUT2D eigenvalue weighted by atomic mass is 35.5. The molecule has 1 aliphatic carbocycles. The molecule has 0 aliphatic heterocycles. The van der Waals surface area contributed by atoms with Gasteiger partial charge in [0, 0.05) is 18.8 Å². The Balaban J connectivity index is 1.28. The van der Waals surface area contributed by atoms with Crippen molar-refractivity contribution in [2.24, 2.45) is 5.92 Å². The zero-order chi connectivity index (χ0) is 28.2. The van der Waals surface area contributed by atoms with Crippen LogP contribution in [0.15, 0.2) is 53.7 Å². The lowest BCUT2D eigenvalue weighted by molar-refractivity contribution is 0.0904. The molecule has 0 radical (unpaired) electrons. The van der Waals surface area contributed by atoms with Gasteiger partial charge in [-0.2, -0.15) is 0 Å². The molecule has 10 nitrogen and oxygen atoms in total. The first-order valence-electron chi connectivity index (χ1n) is 12.9. The summed E-state index contributed by atoms with van der Waals surface area (Å²) in [5, 5.41) is 11.9. The smallest absolute Gasteiger partial charge is 0.334 e. The maximum absolute atomic E-state index is 13.6. The molecule has 40 heavy (non-hydrogen) atoms. The predicted molar refractivity (Wildman–Crippen MR) is 143 cm³/mol. The number of nitrogens with one attached hydrogen (secondary N) is 1. The van der Waals surface area contributed by atoms with Crippen LogP contribution in [-0.4, -0.2) is 54.4 Å². The number of ether oxygens (including phenoxy) is 1. The molecule has 3 heterocycles. The lowest BCUT2D eigenvalue weighted by atomic mass is 9.85. The topological polar surface area (TPSA) is 124 Å². The number of aliphatic hydroxyl groups is 1. The van der Waals surface area contributed by atoms with Crippen molar-refractivity contribution >= 4 is 28.5 Å². The number of halogens is 3. The van der Waals surface area contributed by atoms with Crippen molar-refractivity contribution in [2.75, 3.05) is 13.2 Å². The predicted octanol–water partition coefficient (Wildman–Crippen LogP) is 3.93. The van der Waals surface area contributed by atoms with Gasteiger partial charge >= 0.3 is 5.69 Å². The average molecular weight is 573 g/mol. The van der Waals surface area contributed by atoms with Crippen molar-refractivity contribution < 1.29 is 23.4 Å². The van der Waals surface area contributed by atoms with Crippen LogP contribution in [-0.2, 0) is 6.54 Å². The molecule has 1 amide bonds. The van der Waals surface area contributed by atoms with Crippen LogP contribution >= 0.6 is 11.6 Å². The molecule has 1 aromatic carbocycles. The highest BCUT2D eigenvalue weighted by molar-refractivity contribution is 6.30. The van der Waals surface area contributed by atoms with E-state index in [0.717, 1.165) is 24.6 Å². The third kappa shape index (κ3) is 5.82. The summed E-state index contributed by atoms with van der Waals surface area (Å²) >= 11 is 5.89. The summed E-state index contributed by atoms with van der Waals surface area (Å²) in [7, 11) is 0. The molecule has 210 valence electrons. The van der Waals surface area contributed by atoms with Crippen molar-refractivity contribution in [3.8, 4) is 11.7 Å². The van der Waals surface area contributed by atoms with Gasteiger partial charge in [0.2, 0.25) is 5.88 Å². The summed E-state index contributed by atoms with van der Waals surface area (Å²) in [6, 6.07) is 8.45. The van der Waals surface area contributed by atoms with E-state index < -0.39 is 18.0 Å². The Morgan fingerprint density at radius 2 is 1.85 bits per heavy atom. The van der Waals surface area contributed by atoms with Crippen molar-refractivity contribution in [1.82, 2.24) is 29.4 Å². The highest BCUT2D eigenvalue weighted by Crippen LogP contribution is 2.28. The number of hydrogen-bond donors (Lipinski definition) is 2. The quantitative estimate of drug-likeness (QED) is 0.311. The molecule has 13 heteroatoms. The number of carbonyl (C=O) groups is 1. The second-order valence-corrected chi connectivity index (χ2v) is 10.0. The molecule has 0 bridgehead atoms. The van der Waals surface area contributed by atoms with Crippen LogP contribution in [0.4, 0.5) is 8.78 Å². The minimum Gasteiger partial charge on any atom is -0.474 e. The number of aromatic nitrogens is 5. The van der Waals surface area contributed by atoms with Crippen molar-refractivity contribution in [1.29, 1.82) is 0 Å². The number of alkyl halides is 2. The van der Waals surface area contributed by atoms with E-state index in [1.165, 1.54) is 23.0 Å². The van der Waals surface area contributed by atoms with Gasteiger partial charge in [-0.15, -0.1) is 0 Å². The Kier molecular flexibility index (Phi) is 8.36. The largest absolute Gasteiger partial charge is 0.474 e. The van der Waals surface area contributed by atoms with E-state index in [9.17, 15) is 18.4 Å². The molecule has 5 rings (SSSR count). The normalized spacial score (nSPS) is 17.3. The van der Waals surface area contributed by atoms with E-state index in [1.54, 1.807) is 4.57 Å². The van der Waals surface area contributed by atoms with Gasteiger partial charge in [-0.3, -0.25) is 14.3 Å². The number of rotatable bonds is 9. The van der Waals surface area contributed by atoms with E-state index in [-0.39, 0.29) is 47.3 Å². The second kappa shape index (κ2) is 12.1. The third-order valence-corrected chi connectivity index (χ3v) is 7.19. The molecule has 1 aliphatic rings. The van der Waals surface area contributed by atoms with Crippen LogP contribution in [0, 0.1) is 5.92 Å². The number of imidazole rings is 1. The van der Waals surface area contributed by atoms with Crippen LogP contribution in [0.2, 0.25) is 5.02 Å². The summed E-state index contributed by atoms with van der Waals surface area (Å²) in [4.78, 5) is 38.5. The van der Waals surface area contributed by atoms with Crippen molar-refractivity contribution in [2.45, 2.75) is 44.7 Å². The van der Waals surface area contributed by atoms with E-state index in [0.29, 0.717) is 30.7 Å². The summed E-state index contributed by atoms with van der Waals surface area (Å²) in [5.41, 5.74) is 0.390. The summed E-state index contributed by atoms with van der Waals surface area (Å²) in [6.45, 7) is 0.420. The standard InChI is InChI=1S/C27H27ClF2N6O4/c28-17-11-19(24(25(29)30)33-12-17)26(38)34-18-7-5-16(6-8-18)15-35-20-3-1-2-4-21(20)36(27(35)39)22-13-32-23(14-31-22)40-10-9-37/h1-4,11-14,16,18,25,37H,5-10,15H2,(H,34,38)/t16-,18-. The Hall–Kier alpha value is -3.90. The Morgan fingerprint density at radius 3 is 2.52 bits per heavy atom. The Morgan fingerprint density at radius 1 is 1.10 bits per heavy atom. The molecular weight excluding hydrogens is 546 g/mol. The minimum atomic E-state index is -2.89. The number of hydrogen-bond acceptors (Lipinski definition) is 7. The van der Waals surface area contributed by atoms with Gasteiger partial charge in [-0.25, -0.2) is 28.1 Å². The lowest BCUT2D eigenvalue weighted by Gasteiger charge is -2.29. The molecule has 0 saturated heterocycles. The van der Waals surface area contributed by atoms with Crippen LogP contribution in [0.5, 0.6) is 5.88 Å². The average Bonchev–Trinajstić information content (AvgIpc) is 3.23. The Bertz CT molecular complexity index is 1550. The van der Waals surface area contributed by atoms with E-state index >= 15 is 0 Å². The Labute approximate surface area is 232 Å². The monoisotopic (exact) mass is 572 g/mol. The molecular formula is C27H27ClF2N6O4. The summed E-state index contributed by atoms with van der Waals surface area (Å²) in [5.74, 6) is 0.147. The van der Waals surface area contributed by atoms with E-state index in [4.69, 9.17) is 21.4 Å². The number of nitrogens with zero attached hydrogens (tertiary/aromatic N) is 5. The number of amides is 1. The number of aliphatic hydroxyl groups excluding tert-OH is 1. The fourth-order valence-electron chi connectivity index (χ4n) is 5.07. The van der Waals surface area contributed by atoms with Crippen LogP contribution in [0.1, 0.15) is 48.2 Å². The first-order chi connectivity index (χ1) is 19.4. The van der Waals surface area contributed by atoms with Crippen LogP contribution < -0.4 is 15.7 Å². The van der Waals surface area contributed by atoms with Crippen molar-refractivity contribution in [3.05, 3.63) is 75.7 Å². The van der Waals surface area contributed by atoms with E-state index in [1.807, 2.05) is 24.3 Å². The first-order valence-corrected chi connectivity index (χ1v) is 13.2. The van der Waals surface area contributed by atoms with Crippen molar-refractivity contribution in [3.63, 3.8) is 0 Å². The molecule has 0 spiro atoms. The fraction of sp³-hybridized carbons (Fsp3) is 0.370. The van der Waals surface area contributed by atoms with Crippen LogP contribution in [0.25, 0.3) is 16.9 Å². The number of benzene rings is 1. The fourth-order valence-corrected chi connectivity index (χ4v) is 5.23. The SMILES string of the molecule is O=C(N[C@H]1CC[C@H](Cn2c(=O)n(-c3cnc(OCCO)cn3)c3ccccc32)CC1)c1cc(Cl)cnc1C(F)F. The molecule has 4 aromatic rings. The molecule has 3 aromatic heterocycles. The van der Waals surface area contributed by atoms with Gasteiger partial charge in [-0.1, -0.05) is 23.7 Å². The highest BCUT2D eigenvalue weighted by Gasteiger charge is 2.27. The minimum absolute atomic E-state index is 0.0910. The number of para-hydroxylation sites is 2. The zero-order valence-electron chi connectivity index (χ0n) is 21.3. The molecule has 0 unspecified atom stereocenters. The molecule has 1 saturated carbocycles. The van der Waals surface area contributed by atoms with Gasteiger partial charge in [0.15, 0.2) is 5.82 Å². The molecule has 2 N–H and O–H groups in total. The van der Waals surface area contributed by atoms with Crippen LogP contribution in [0.3, 0.4) is 0 Å². The van der Waals surface area contributed by atoms with Gasteiger partial charge in [0.25, 0.3) is 12.3 Å². The van der Waals surface area contributed by atoms with Gasteiger partial charge in [-0.05, 0) is 49.8 Å². The van der Waals surface area contributed by atoms with Gasteiger partial charge in [0.1, 0.15) is 12.3 Å². The maximum Gasteiger partial charge on any atom is 0.334 e. The molecule has 1 fully saturated rings. The van der Waals surface area contributed by atoms with E-state index in [2.05, 4.69) is 20.3 Å². The second-order valence-electron chi connectivity index (χ2n) is 9.58. The summed E-state index contributed by atoms with van der Waals surface area (Å²) < 4.78 is 35.2. The lowest BCUT2D eigenvalue weighted by Crippen LogP contribution is -2.39. The first kappa shape index (κ1) is 27.7. The zero-order valence-corrected chi connectivity index (χ0v) is 22.1.